The highest BCUT2D eigenvalue weighted by Crippen LogP contribution is 2.27. The summed E-state index contributed by atoms with van der Waals surface area (Å²) < 4.78 is 0. The predicted octanol–water partition coefficient (Wildman–Crippen LogP) is 3.95. The van der Waals surface area contributed by atoms with Gasteiger partial charge in [-0.1, -0.05) is 25.7 Å². The van der Waals surface area contributed by atoms with Crippen LogP contribution in [-0.4, -0.2) is 18.5 Å². The van der Waals surface area contributed by atoms with Crippen molar-refractivity contribution in [2.75, 3.05) is 13.1 Å². The lowest BCUT2D eigenvalue weighted by molar-refractivity contribution is 0.307. The van der Waals surface area contributed by atoms with Crippen molar-refractivity contribution in [2.45, 2.75) is 63.2 Å². The van der Waals surface area contributed by atoms with Gasteiger partial charge in [-0.25, -0.2) is 0 Å². The molecule has 0 aromatic rings. The zero-order valence-electron chi connectivity index (χ0n) is 10.4. The number of rotatable bonds is 4. The minimum absolute atomic E-state index is 0.454. The van der Waals surface area contributed by atoms with E-state index in [2.05, 4.69) is 5.32 Å². The molecule has 2 saturated carbocycles. The van der Waals surface area contributed by atoms with Crippen molar-refractivity contribution in [3.05, 3.63) is 0 Å². The van der Waals surface area contributed by atoms with E-state index >= 15 is 0 Å². The average molecular weight is 244 g/mol. The molecule has 0 spiro atoms. The lowest BCUT2D eigenvalue weighted by Gasteiger charge is -2.27. The molecule has 0 aromatic heterocycles. The molecule has 2 atom stereocenters. The highest BCUT2D eigenvalue weighted by molar-refractivity contribution is 6.20. The largest absolute Gasteiger partial charge is 0.316 e. The molecule has 94 valence electrons. The Morgan fingerprint density at radius 2 is 1.50 bits per heavy atom. The molecule has 2 heteroatoms. The highest BCUT2D eigenvalue weighted by Gasteiger charge is 2.20. The standard InChI is InChI=1S/C14H26ClN/c15-14-8-4-7-13(9-14)11-16-10-12-5-2-1-3-6-12/h12-14,16H,1-11H2. The number of nitrogens with one attached hydrogen (secondary N) is 1. The first kappa shape index (κ1) is 12.7. The molecule has 0 amide bonds. The van der Waals surface area contributed by atoms with Crippen molar-refractivity contribution < 1.29 is 0 Å². The van der Waals surface area contributed by atoms with Gasteiger partial charge in [0.05, 0.1) is 0 Å². The fourth-order valence-electron chi connectivity index (χ4n) is 3.29. The van der Waals surface area contributed by atoms with Crippen LogP contribution in [0.15, 0.2) is 0 Å². The maximum absolute atomic E-state index is 6.21. The third kappa shape index (κ3) is 4.25. The molecule has 2 rings (SSSR count). The summed E-state index contributed by atoms with van der Waals surface area (Å²) in [5.74, 6) is 1.81. The van der Waals surface area contributed by atoms with E-state index in [4.69, 9.17) is 11.6 Å². The number of hydrogen-bond donors (Lipinski definition) is 1. The number of hydrogen-bond acceptors (Lipinski definition) is 1. The summed E-state index contributed by atoms with van der Waals surface area (Å²) in [4.78, 5) is 0. The van der Waals surface area contributed by atoms with Crippen molar-refractivity contribution in [2.24, 2.45) is 11.8 Å². The van der Waals surface area contributed by atoms with Crippen LogP contribution < -0.4 is 5.32 Å². The van der Waals surface area contributed by atoms with Crippen LogP contribution in [0.2, 0.25) is 0 Å². The molecular weight excluding hydrogens is 218 g/mol. The number of halogens is 1. The van der Waals surface area contributed by atoms with Gasteiger partial charge in [0.1, 0.15) is 0 Å². The first-order chi connectivity index (χ1) is 7.84. The molecular formula is C14H26ClN. The molecule has 0 aromatic carbocycles. The molecule has 2 aliphatic carbocycles. The normalized spacial score (nSPS) is 32.8. The molecule has 0 aliphatic heterocycles. The van der Waals surface area contributed by atoms with Crippen LogP contribution in [0, 0.1) is 11.8 Å². The van der Waals surface area contributed by atoms with E-state index in [1.165, 1.54) is 70.9 Å². The molecule has 16 heavy (non-hydrogen) atoms. The van der Waals surface area contributed by atoms with Crippen molar-refractivity contribution >= 4 is 11.6 Å². The van der Waals surface area contributed by atoms with Crippen LogP contribution in [0.1, 0.15) is 57.8 Å². The fraction of sp³-hybridized carbons (Fsp3) is 1.00. The average Bonchev–Trinajstić information content (AvgIpc) is 2.30. The number of alkyl halides is 1. The van der Waals surface area contributed by atoms with Gasteiger partial charge in [0.15, 0.2) is 0 Å². The van der Waals surface area contributed by atoms with E-state index in [0.717, 1.165) is 11.8 Å². The molecule has 0 bridgehead atoms. The van der Waals surface area contributed by atoms with Gasteiger partial charge in [0.25, 0.3) is 0 Å². The molecule has 2 unspecified atom stereocenters. The van der Waals surface area contributed by atoms with Crippen molar-refractivity contribution in [3.8, 4) is 0 Å². The monoisotopic (exact) mass is 243 g/mol. The second-order valence-corrected chi connectivity index (χ2v) is 6.41. The zero-order valence-corrected chi connectivity index (χ0v) is 11.1. The van der Waals surface area contributed by atoms with Crippen LogP contribution in [0.3, 0.4) is 0 Å². The molecule has 2 fully saturated rings. The minimum atomic E-state index is 0.454. The van der Waals surface area contributed by atoms with Gasteiger partial charge in [-0.05, 0) is 57.0 Å². The Bertz CT molecular complexity index is 189. The van der Waals surface area contributed by atoms with E-state index in [1.54, 1.807) is 0 Å². The fourth-order valence-corrected chi connectivity index (χ4v) is 3.70. The van der Waals surface area contributed by atoms with Gasteiger partial charge >= 0.3 is 0 Å². The van der Waals surface area contributed by atoms with Crippen molar-refractivity contribution in [3.63, 3.8) is 0 Å². The Kier molecular flexibility index (Phi) is 5.44. The first-order valence-corrected chi connectivity index (χ1v) is 7.63. The lowest BCUT2D eigenvalue weighted by atomic mass is 9.87. The Labute approximate surface area is 105 Å². The Morgan fingerprint density at radius 1 is 0.812 bits per heavy atom. The summed E-state index contributed by atoms with van der Waals surface area (Å²) in [7, 11) is 0. The summed E-state index contributed by atoms with van der Waals surface area (Å²) in [5, 5.41) is 4.14. The van der Waals surface area contributed by atoms with E-state index in [1.807, 2.05) is 0 Å². The highest BCUT2D eigenvalue weighted by atomic mass is 35.5. The summed E-state index contributed by atoms with van der Waals surface area (Å²) >= 11 is 6.21. The van der Waals surface area contributed by atoms with Crippen LogP contribution >= 0.6 is 11.6 Å². The van der Waals surface area contributed by atoms with Gasteiger partial charge in [-0.2, -0.15) is 0 Å². The van der Waals surface area contributed by atoms with Crippen molar-refractivity contribution in [1.29, 1.82) is 0 Å². The van der Waals surface area contributed by atoms with Crippen LogP contribution in [0.25, 0.3) is 0 Å². The summed E-state index contributed by atoms with van der Waals surface area (Å²) in [6, 6.07) is 0. The smallest absolute Gasteiger partial charge is 0.0339 e. The van der Waals surface area contributed by atoms with E-state index in [-0.39, 0.29) is 0 Å². The van der Waals surface area contributed by atoms with Crippen LogP contribution in [-0.2, 0) is 0 Å². The first-order valence-electron chi connectivity index (χ1n) is 7.19. The van der Waals surface area contributed by atoms with Gasteiger partial charge in [-0.3, -0.25) is 0 Å². The van der Waals surface area contributed by atoms with Gasteiger partial charge in [-0.15, -0.1) is 11.6 Å². The van der Waals surface area contributed by atoms with Crippen LogP contribution in [0.5, 0.6) is 0 Å². The van der Waals surface area contributed by atoms with Crippen LogP contribution in [0.4, 0.5) is 0 Å². The quantitative estimate of drug-likeness (QED) is 0.738. The molecule has 0 heterocycles. The summed E-state index contributed by atoms with van der Waals surface area (Å²) in [6.45, 7) is 2.46. The van der Waals surface area contributed by atoms with Gasteiger partial charge in [0, 0.05) is 5.38 Å². The maximum Gasteiger partial charge on any atom is 0.0339 e. The zero-order chi connectivity index (χ0) is 11.2. The SMILES string of the molecule is ClC1CCCC(CNCC2CCCCC2)C1. The lowest BCUT2D eigenvalue weighted by Crippen LogP contribution is -2.31. The van der Waals surface area contributed by atoms with Gasteiger partial charge < -0.3 is 5.32 Å². The molecule has 2 aliphatic rings. The Balaban J connectivity index is 1.56. The second kappa shape index (κ2) is 6.86. The third-order valence-electron chi connectivity index (χ3n) is 4.31. The Morgan fingerprint density at radius 3 is 2.25 bits per heavy atom. The molecule has 0 radical (unpaired) electrons. The minimum Gasteiger partial charge on any atom is -0.316 e. The van der Waals surface area contributed by atoms with Gasteiger partial charge in [0.2, 0.25) is 0 Å². The Hall–Kier alpha value is 0.250. The van der Waals surface area contributed by atoms with E-state index in [9.17, 15) is 0 Å². The van der Waals surface area contributed by atoms with Crippen molar-refractivity contribution in [1.82, 2.24) is 5.32 Å². The molecule has 0 saturated heterocycles. The summed E-state index contributed by atoms with van der Waals surface area (Å²) in [5.41, 5.74) is 0. The third-order valence-corrected chi connectivity index (χ3v) is 4.71. The summed E-state index contributed by atoms with van der Waals surface area (Å²) in [6.07, 6.45) is 12.5. The van der Waals surface area contributed by atoms with E-state index in [0.29, 0.717) is 5.38 Å². The predicted molar refractivity (Wildman–Crippen MR) is 71.0 cm³/mol. The maximum atomic E-state index is 6.21. The van der Waals surface area contributed by atoms with E-state index < -0.39 is 0 Å². The molecule has 1 nitrogen and oxygen atoms in total. The molecule has 1 N–H and O–H groups in total. The second-order valence-electron chi connectivity index (χ2n) is 5.79. The topological polar surface area (TPSA) is 12.0 Å².